The molecule has 0 saturated heterocycles. The van der Waals surface area contributed by atoms with Gasteiger partial charge in [-0.25, -0.2) is 0 Å². The third-order valence-corrected chi connectivity index (χ3v) is 5.60. The Balaban J connectivity index is 1.90. The maximum atomic E-state index is 12.6. The van der Waals surface area contributed by atoms with E-state index in [0.29, 0.717) is 13.1 Å². The van der Waals surface area contributed by atoms with Crippen molar-refractivity contribution in [2.75, 3.05) is 13.1 Å². The number of amides is 2. The van der Waals surface area contributed by atoms with Crippen molar-refractivity contribution >= 4 is 28.8 Å². The van der Waals surface area contributed by atoms with Gasteiger partial charge in [0.2, 0.25) is 5.91 Å². The van der Waals surface area contributed by atoms with Gasteiger partial charge in [0, 0.05) is 41.8 Å². The Bertz CT molecular complexity index is 957. The first-order valence-corrected chi connectivity index (χ1v) is 10.4. The molecule has 1 aliphatic rings. The lowest BCUT2D eigenvalue weighted by molar-refractivity contribution is -0.131. The highest BCUT2D eigenvalue weighted by Crippen LogP contribution is 2.24. The Hall–Kier alpha value is -3.07. The summed E-state index contributed by atoms with van der Waals surface area (Å²) in [4.78, 5) is 26.9. The van der Waals surface area contributed by atoms with E-state index in [1.807, 2.05) is 54.9 Å². The van der Waals surface area contributed by atoms with Crippen LogP contribution in [0, 0.1) is 11.3 Å². The summed E-state index contributed by atoms with van der Waals surface area (Å²) >= 11 is 0. The number of nitrogens with zero attached hydrogens (tertiary/aromatic N) is 3. The summed E-state index contributed by atoms with van der Waals surface area (Å²) in [5.74, 6) is -0.277. The molecule has 0 bridgehead atoms. The van der Waals surface area contributed by atoms with E-state index in [1.165, 1.54) is 0 Å². The summed E-state index contributed by atoms with van der Waals surface area (Å²) < 4.78 is 1.89. The average molecular weight is 393 g/mol. The fraction of sp³-hybridized carbons (Fsp3) is 0.435. The number of nitriles is 1. The van der Waals surface area contributed by atoms with Gasteiger partial charge in [-0.15, -0.1) is 0 Å². The van der Waals surface area contributed by atoms with Crippen LogP contribution in [0.1, 0.15) is 45.1 Å². The normalized spacial score (nSPS) is 14.7. The molecule has 1 heterocycles. The first kappa shape index (κ1) is 20.7. The van der Waals surface area contributed by atoms with E-state index in [-0.39, 0.29) is 30.0 Å². The van der Waals surface area contributed by atoms with Crippen LogP contribution in [-0.2, 0) is 16.1 Å². The van der Waals surface area contributed by atoms with Gasteiger partial charge in [0.05, 0.1) is 0 Å². The molecule has 1 N–H and O–H groups in total. The molecule has 2 amide bonds. The van der Waals surface area contributed by atoms with Gasteiger partial charge in [-0.3, -0.25) is 9.59 Å². The second-order valence-electron chi connectivity index (χ2n) is 7.42. The molecule has 6 nitrogen and oxygen atoms in total. The first-order chi connectivity index (χ1) is 14.1. The van der Waals surface area contributed by atoms with Crippen molar-refractivity contribution < 1.29 is 9.59 Å². The fourth-order valence-corrected chi connectivity index (χ4v) is 3.98. The highest BCUT2D eigenvalue weighted by molar-refractivity contribution is 6.04. The molecule has 1 aliphatic carbocycles. The zero-order valence-electron chi connectivity index (χ0n) is 17.1. The molecule has 0 unspecified atom stereocenters. The van der Waals surface area contributed by atoms with Crippen LogP contribution < -0.4 is 5.32 Å². The van der Waals surface area contributed by atoms with Crippen molar-refractivity contribution in [2.24, 2.45) is 0 Å². The summed E-state index contributed by atoms with van der Waals surface area (Å²) in [7, 11) is 0. The lowest BCUT2D eigenvalue weighted by Crippen LogP contribution is -2.33. The number of hydrogen-bond donors (Lipinski definition) is 1. The van der Waals surface area contributed by atoms with Crippen LogP contribution in [-0.4, -0.2) is 40.4 Å². The molecule has 0 radical (unpaired) electrons. The molecule has 1 aromatic carbocycles. The molecule has 0 atom stereocenters. The third-order valence-electron chi connectivity index (χ3n) is 5.60. The molecule has 3 rings (SSSR count). The predicted octanol–water partition coefficient (Wildman–Crippen LogP) is 3.48. The molecule has 2 aromatic rings. The number of likely N-dealkylation sites (N-methyl/N-ethyl adjacent to an activating group) is 1. The number of carbonyl (C=O) groups excluding carboxylic acids is 2. The first-order valence-electron chi connectivity index (χ1n) is 10.4. The van der Waals surface area contributed by atoms with E-state index >= 15 is 0 Å². The van der Waals surface area contributed by atoms with Crippen molar-refractivity contribution in [1.82, 2.24) is 14.8 Å². The Morgan fingerprint density at radius 1 is 1.24 bits per heavy atom. The van der Waals surface area contributed by atoms with Crippen LogP contribution in [0.2, 0.25) is 0 Å². The molecule has 0 aliphatic heterocycles. The largest absolute Gasteiger partial charge is 0.349 e. The van der Waals surface area contributed by atoms with Gasteiger partial charge in [0.1, 0.15) is 18.2 Å². The van der Waals surface area contributed by atoms with Crippen LogP contribution in [0.25, 0.3) is 17.0 Å². The predicted molar refractivity (Wildman–Crippen MR) is 114 cm³/mol. The molecule has 29 heavy (non-hydrogen) atoms. The summed E-state index contributed by atoms with van der Waals surface area (Å²) in [6.07, 6.45) is 7.65. The molecule has 1 fully saturated rings. The zero-order chi connectivity index (χ0) is 20.8. The number of carbonyl (C=O) groups is 2. The van der Waals surface area contributed by atoms with E-state index in [1.54, 1.807) is 11.0 Å². The highest BCUT2D eigenvalue weighted by Gasteiger charge is 2.20. The van der Waals surface area contributed by atoms with Crippen molar-refractivity contribution in [1.29, 1.82) is 5.26 Å². The van der Waals surface area contributed by atoms with Gasteiger partial charge >= 0.3 is 0 Å². The molecule has 1 saturated carbocycles. The van der Waals surface area contributed by atoms with Gasteiger partial charge in [-0.1, -0.05) is 31.0 Å². The third kappa shape index (κ3) is 4.68. The molecule has 1 aromatic heterocycles. The van der Waals surface area contributed by atoms with E-state index in [0.717, 1.165) is 42.1 Å². The van der Waals surface area contributed by atoms with E-state index < -0.39 is 0 Å². The van der Waals surface area contributed by atoms with Crippen LogP contribution in [0.15, 0.2) is 36.0 Å². The average Bonchev–Trinajstić information content (AvgIpc) is 3.35. The Labute approximate surface area is 171 Å². The lowest BCUT2D eigenvalue weighted by atomic mass is 10.1. The topological polar surface area (TPSA) is 78.1 Å². The Morgan fingerprint density at radius 3 is 2.59 bits per heavy atom. The van der Waals surface area contributed by atoms with Crippen LogP contribution in [0.5, 0.6) is 0 Å². The highest BCUT2D eigenvalue weighted by atomic mass is 16.2. The van der Waals surface area contributed by atoms with Crippen molar-refractivity contribution in [3.8, 4) is 6.07 Å². The van der Waals surface area contributed by atoms with Crippen molar-refractivity contribution in [3.63, 3.8) is 0 Å². The molecular formula is C23H28N4O2. The maximum absolute atomic E-state index is 12.6. The number of benzene rings is 1. The van der Waals surface area contributed by atoms with E-state index in [4.69, 9.17) is 0 Å². The summed E-state index contributed by atoms with van der Waals surface area (Å²) in [5.41, 5.74) is 1.77. The smallest absolute Gasteiger partial charge is 0.262 e. The number of nitrogens with one attached hydrogen (secondary N) is 1. The van der Waals surface area contributed by atoms with Crippen LogP contribution >= 0.6 is 0 Å². The van der Waals surface area contributed by atoms with Crippen LogP contribution in [0.3, 0.4) is 0 Å². The number of aromatic nitrogens is 1. The van der Waals surface area contributed by atoms with Gasteiger partial charge in [0.15, 0.2) is 0 Å². The van der Waals surface area contributed by atoms with Gasteiger partial charge in [-0.05, 0) is 38.8 Å². The standard InChI is InChI=1S/C23H28N4O2/c1-3-26(4-2)22(28)16-27-15-18(20-11-7-8-12-21(20)27)13-17(14-24)23(29)25-19-9-5-6-10-19/h7-8,11-13,15,19H,3-6,9-10,16H2,1-2H3,(H,25,29)/b17-13+. The minimum absolute atomic E-state index is 0.0470. The minimum atomic E-state index is -0.324. The van der Waals surface area contributed by atoms with Gasteiger partial charge < -0.3 is 14.8 Å². The van der Waals surface area contributed by atoms with Crippen molar-refractivity contribution in [2.45, 2.75) is 52.1 Å². The minimum Gasteiger partial charge on any atom is -0.349 e. The number of rotatable bonds is 7. The number of para-hydroxylation sites is 1. The maximum Gasteiger partial charge on any atom is 0.262 e. The lowest BCUT2D eigenvalue weighted by Gasteiger charge is -2.19. The molecule has 152 valence electrons. The summed E-state index contributed by atoms with van der Waals surface area (Å²) in [6.45, 7) is 5.49. The van der Waals surface area contributed by atoms with Gasteiger partial charge in [-0.2, -0.15) is 5.26 Å². The molecular weight excluding hydrogens is 364 g/mol. The monoisotopic (exact) mass is 392 g/mol. The number of fused-ring (bicyclic) bond motifs is 1. The van der Waals surface area contributed by atoms with E-state index in [9.17, 15) is 14.9 Å². The van der Waals surface area contributed by atoms with Crippen molar-refractivity contribution in [3.05, 3.63) is 41.6 Å². The Kier molecular flexibility index (Phi) is 6.71. The van der Waals surface area contributed by atoms with Crippen LogP contribution in [0.4, 0.5) is 0 Å². The SMILES string of the molecule is CCN(CC)C(=O)Cn1cc(/C=C(\C#N)C(=O)NC2CCCC2)c2ccccc21. The van der Waals surface area contributed by atoms with Gasteiger partial charge in [0.25, 0.3) is 5.91 Å². The Morgan fingerprint density at radius 2 is 1.93 bits per heavy atom. The molecule has 0 spiro atoms. The summed E-state index contributed by atoms with van der Waals surface area (Å²) in [5, 5.41) is 13.4. The zero-order valence-corrected chi connectivity index (χ0v) is 17.1. The number of hydrogen-bond acceptors (Lipinski definition) is 3. The summed E-state index contributed by atoms with van der Waals surface area (Å²) in [6, 6.07) is 9.94. The quantitative estimate of drug-likeness (QED) is 0.579. The second kappa shape index (κ2) is 9.42. The fourth-order valence-electron chi connectivity index (χ4n) is 3.98. The van der Waals surface area contributed by atoms with E-state index in [2.05, 4.69) is 5.32 Å². The second-order valence-corrected chi connectivity index (χ2v) is 7.42. The molecule has 6 heteroatoms.